The van der Waals surface area contributed by atoms with Gasteiger partial charge in [0, 0.05) is 25.6 Å². The second kappa shape index (κ2) is 6.89. The van der Waals surface area contributed by atoms with Gasteiger partial charge in [-0.1, -0.05) is 12.1 Å². The van der Waals surface area contributed by atoms with Crippen LogP contribution < -0.4 is 11.1 Å². The number of urea groups is 1. The summed E-state index contributed by atoms with van der Waals surface area (Å²) in [5, 5.41) is 2.66. The van der Waals surface area contributed by atoms with Gasteiger partial charge in [0.05, 0.1) is 5.56 Å². The van der Waals surface area contributed by atoms with Gasteiger partial charge in [-0.15, -0.1) is 0 Å². The predicted molar refractivity (Wildman–Crippen MR) is 77.2 cm³/mol. The Kier molecular flexibility index (Phi) is 5.12. The SMILES string of the molecule is NC(=O)C1CCN(C(=O)NCc2ccc(C(F)(F)F)cc2)CC1. The van der Waals surface area contributed by atoms with E-state index in [0.717, 1.165) is 12.1 Å². The predicted octanol–water partition coefficient (Wildman–Crippen LogP) is 2.11. The lowest BCUT2D eigenvalue weighted by atomic mass is 9.96. The van der Waals surface area contributed by atoms with Crippen LogP contribution in [0, 0.1) is 5.92 Å². The lowest BCUT2D eigenvalue weighted by Crippen LogP contribution is -2.46. The minimum absolute atomic E-state index is 0.146. The molecule has 2 rings (SSSR count). The highest BCUT2D eigenvalue weighted by molar-refractivity contribution is 5.78. The van der Waals surface area contributed by atoms with Crippen LogP contribution in [-0.4, -0.2) is 29.9 Å². The summed E-state index contributed by atoms with van der Waals surface area (Å²) in [6.45, 7) is 1.02. The fourth-order valence-corrected chi connectivity index (χ4v) is 2.47. The lowest BCUT2D eigenvalue weighted by Gasteiger charge is -2.30. The minimum atomic E-state index is -4.37. The molecule has 126 valence electrons. The van der Waals surface area contributed by atoms with E-state index in [1.165, 1.54) is 12.1 Å². The maximum absolute atomic E-state index is 12.5. The summed E-state index contributed by atoms with van der Waals surface area (Å²) >= 11 is 0. The van der Waals surface area contributed by atoms with Gasteiger partial charge in [-0.05, 0) is 30.5 Å². The smallest absolute Gasteiger partial charge is 0.369 e. The quantitative estimate of drug-likeness (QED) is 0.891. The zero-order valence-electron chi connectivity index (χ0n) is 12.4. The van der Waals surface area contributed by atoms with Gasteiger partial charge in [-0.25, -0.2) is 4.79 Å². The van der Waals surface area contributed by atoms with Gasteiger partial charge in [-0.3, -0.25) is 4.79 Å². The summed E-state index contributed by atoms with van der Waals surface area (Å²) in [6, 6.07) is 4.35. The van der Waals surface area contributed by atoms with Crippen LogP contribution in [0.25, 0.3) is 0 Å². The third-order valence-corrected chi connectivity index (χ3v) is 3.91. The summed E-state index contributed by atoms with van der Waals surface area (Å²) in [5.41, 5.74) is 5.09. The van der Waals surface area contributed by atoms with Crippen molar-refractivity contribution < 1.29 is 22.8 Å². The van der Waals surface area contributed by atoms with Gasteiger partial charge in [0.1, 0.15) is 0 Å². The third kappa shape index (κ3) is 4.61. The number of carbonyl (C=O) groups is 2. The van der Waals surface area contributed by atoms with Crippen molar-refractivity contribution in [1.82, 2.24) is 10.2 Å². The first-order valence-electron chi connectivity index (χ1n) is 7.25. The van der Waals surface area contributed by atoms with Crippen LogP contribution in [0.15, 0.2) is 24.3 Å². The number of amides is 3. The fraction of sp³-hybridized carbons (Fsp3) is 0.467. The first-order valence-corrected chi connectivity index (χ1v) is 7.25. The van der Waals surface area contributed by atoms with Crippen LogP contribution in [0.3, 0.4) is 0 Å². The van der Waals surface area contributed by atoms with E-state index in [9.17, 15) is 22.8 Å². The molecule has 0 spiro atoms. The molecule has 1 fully saturated rings. The molecule has 5 nitrogen and oxygen atoms in total. The Labute approximate surface area is 131 Å². The van der Waals surface area contributed by atoms with Crippen molar-refractivity contribution in [2.24, 2.45) is 11.7 Å². The molecule has 8 heteroatoms. The fourth-order valence-electron chi connectivity index (χ4n) is 2.47. The number of hydrogen-bond donors (Lipinski definition) is 2. The molecule has 1 aromatic rings. The maximum Gasteiger partial charge on any atom is 0.416 e. The van der Waals surface area contributed by atoms with E-state index < -0.39 is 11.7 Å². The zero-order valence-corrected chi connectivity index (χ0v) is 12.4. The molecule has 1 aromatic carbocycles. The van der Waals surface area contributed by atoms with Crippen LogP contribution >= 0.6 is 0 Å². The van der Waals surface area contributed by atoms with Gasteiger partial charge in [0.2, 0.25) is 5.91 Å². The highest BCUT2D eigenvalue weighted by atomic mass is 19.4. The number of alkyl halides is 3. The van der Waals surface area contributed by atoms with Crippen molar-refractivity contribution >= 4 is 11.9 Å². The molecule has 0 atom stereocenters. The molecule has 1 saturated heterocycles. The van der Waals surface area contributed by atoms with Gasteiger partial charge in [-0.2, -0.15) is 13.2 Å². The number of benzene rings is 1. The molecular formula is C15H18F3N3O2. The molecular weight excluding hydrogens is 311 g/mol. The van der Waals surface area contributed by atoms with Crippen LogP contribution in [0.1, 0.15) is 24.0 Å². The van der Waals surface area contributed by atoms with E-state index in [-0.39, 0.29) is 24.4 Å². The normalized spacial score (nSPS) is 16.2. The Balaban J connectivity index is 1.82. The average molecular weight is 329 g/mol. The minimum Gasteiger partial charge on any atom is -0.369 e. The number of nitrogens with zero attached hydrogens (tertiary/aromatic N) is 1. The highest BCUT2D eigenvalue weighted by Crippen LogP contribution is 2.29. The zero-order chi connectivity index (χ0) is 17.0. The van der Waals surface area contributed by atoms with E-state index in [1.54, 1.807) is 4.90 Å². The number of likely N-dealkylation sites (tertiary alicyclic amines) is 1. The molecule has 0 saturated carbocycles. The Hall–Kier alpha value is -2.25. The van der Waals surface area contributed by atoms with Crippen molar-refractivity contribution in [3.8, 4) is 0 Å². The molecule has 3 N–H and O–H groups in total. The van der Waals surface area contributed by atoms with E-state index in [1.807, 2.05) is 0 Å². The standard InChI is InChI=1S/C15H18F3N3O2/c16-15(17,18)12-3-1-10(2-4-12)9-20-14(23)21-7-5-11(6-8-21)13(19)22/h1-4,11H,5-9H2,(H2,19,22)(H,20,23). The van der Waals surface area contributed by atoms with Crippen LogP contribution in [0.2, 0.25) is 0 Å². The van der Waals surface area contributed by atoms with Crippen molar-refractivity contribution in [2.75, 3.05) is 13.1 Å². The Bertz CT molecular complexity index is 564. The number of nitrogens with two attached hydrogens (primary N) is 1. The molecule has 1 aliphatic heterocycles. The molecule has 0 bridgehead atoms. The topological polar surface area (TPSA) is 75.4 Å². The highest BCUT2D eigenvalue weighted by Gasteiger charge is 2.30. The number of carbonyl (C=O) groups excluding carboxylic acids is 2. The lowest BCUT2D eigenvalue weighted by molar-refractivity contribution is -0.137. The average Bonchev–Trinajstić information content (AvgIpc) is 2.52. The van der Waals surface area contributed by atoms with Crippen molar-refractivity contribution in [1.29, 1.82) is 0 Å². The van der Waals surface area contributed by atoms with Gasteiger partial charge in [0.25, 0.3) is 0 Å². The molecule has 23 heavy (non-hydrogen) atoms. The van der Waals surface area contributed by atoms with E-state index in [2.05, 4.69) is 5.32 Å². The Morgan fingerprint density at radius 1 is 1.17 bits per heavy atom. The first kappa shape index (κ1) is 17.1. The third-order valence-electron chi connectivity index (χ3n) is 3.91. The van der Waals surface area contributed by atoms with Crippen LogP contribution in [-0.2, 0) is 17.5 Å². The van der Waals surface area contributed by atoms with Gasteiger partial charge >= 0.3 is 12.2 Å². The molecule has 3 amide bonds. The van der Waals surface area contributed by atoms with E-state index in [4.69, 9.17) is 5.73 Å². The molecule has 0 aliphatic carbocycles. The van der Waals surface area contributed by atoms with Gasteiger partial charge in [0.15, 0.2) is 0 Å². The van der Waals surface area contributed by atoms with Crippen molar-refractivity contribution in [3.63, 3.8) is 0 Å². The number of halogens is 3. The van der Waals surface area contributed by atoms with Crippen LogP contribution in [0.5, 0.6) is 0 Å². The van der Waals surface area contributed by atoms with Gasteiger partial charge < -0.3 is 16.0 Å². The number of primary amides is 1. The Morgan fingerprint density at radius 3 is 2.22 bits per heavy atom. The monoisotopic (exact) mass is 329 g/mol. The van der Waals surface area contributed by atoms with Crippen molar-refractivity contribution in [2.45, 2.75) is 25.6 Å². The Morgan fingerprint density at radius 2 is 1.74 bits per heavy atom. The summed E-state index contributed by atoms with van der Waals surface area (Å²) in [6.07, 6.45) is -3.31. The van der Waals surface area contributed by atoms with Crippen LogP contribution in [0.4, 0.5) is 18.0 Å². The second-order valence-electron chi connectivity index (χ2n) is 5.52. The molecule has 1 aliphatic rings. The number of rotatable bonds is 3. The summed E-state index contributed by atoms with van der Waals surface area (Å²) in [5.74, 6) is -0.552. The summed E-state index contributed by atoms with van der Waals surface area (Å²) in [7, 11) is 0. The largest absolute Gasteiger partial charge is 0.416 e. The number of hydrogen-bond acceptors (Lipinski definition) is 2. The summed E-state index contributed by atoms with van der Waals surface area (Å²) < 4.78 is 37.4. The molecule has 0 radical (unpaired) electrons. The summed E-state index contributed by atoms with van der Waals surface area (Å²) in [4.78, 5) is 24.6. The molecule has 0 aromatic heterocycles. The number of piperidine rings is 1. The first-order chi connectivity index (χ1) is 10.8. The maximum atomic E-state index is 12.5. The van der Waals surface area contributed by atoms with Crippen molar-refractivity contribution in [3.05, 3.63) is 35.4 Å². The van der Waals surface area contributed by atoms with E-state index in [0.29, 0.717) is 31.5 Å². The number of nitrogens with one attached hydrogen (secondary N) is 1. The van der Waals surface area contributed by atoms with E-state index >= 15 is 0 Å². The second-order valence-corrected chi connectivity index (χ2v) is 5.52. The molecule has 0 unspecified atom stereocenters. The molecule has 1 heterocycles.